The molecule has 25 heavy (non-hydrogen) atoms. The van der Waals surface area contributed by atoms with Gasteiger partial charge in [0.1, 0.15) is 17.6 Å². The molecular formula is C17H12ClFN2O4. The lowest BCUT2D eigenvalue weighted by molar-refractivity contribution is -0.149. The molecule has 0 saturated heterocycles. The van der Waals surface area contributed by atoms with Gasteiger partial charge < -0.3 is 14.8 Å². The number of rotatable bonds is 6. The Morgan fingerprint density at radius 1 is 1.20 bits per heavy atom. The zero-order chi connectivity index (χ0) is 18.2. The van der Waals surface area contributed by atoms with E-state index >= 15 is 0 Å². The van der Waals surface area contributed by atoms with E-state index in [1.54, 1.807) is 18.2 Å². The second kappa shape index (κ2) is 8.66. The highest BCUT2D eigenvalue weighted by Gasteiger charge is 2.11. The van der Waals surface area contributed by atoms with Crippen LogP contribution in [0.4, 0.5) is 10.1 Å². The summed E-state index contributed by atoms with van der Waals surface area (Å²) in [5.74, 6) is -1.76. The largest absolute Gasteiger partial charge is 0.481 e. The van der Waals surface area contributed by atoms with Gasteiger partial charge in [-0.1, -0.05) is 23.7 Å². The number of anilines is 1. The van der Waals surface area contributed by atoms with Crippen molar-refractivity contribution < 1.29 is 23.5 Å². The predicted molar refractivity (Wildman–Crippen MR) is 87.7 cm³/mol. The van der Waals surface area contributed by atoms with Crippen molar-refractivity contribution >= 4 is 29.2 Å². The van der Waals surface area contributed by atoms with Crippen LogP contribution in [0.1, 0.15) is 5.56 Å². The van der Waals surface area contributed by atoms with E-state index in [1.165, 1.54) is 18.2 Å². The summed E-state index contributed by atoms with van der Waals surface area (Å²) in [4.78, 5) is 23.3. The van der Waals surface area contributed by atoms with Crippen LogP contribution in [-0.2, 0) is 14.3 Å². The van der Waals surface area contributed by atoms with Crippen molar-refractivity contribution in [2.45, 2.75) is 0 Å². The van der Waals surface area contributed by atoms with Gasteiger partial charge in [-0.05, 0) is 30.3 Å². The van der Waals surface area contributed by atoms with Crippen LogP contribution in [0.2, 0.25) is 5.02 Å². The van der Waals surface area contributed by atoms with E-state index in [0.29, 0.717) is 0 Å². The van der Waals surface area contributed by atoms with Gasteiger partial charge in [0, 0.05) is 5.69 Å². The standard InChI is InChI=1S/C17H12ClFN2O4/c18-13-7-12(5-6-14(13)19)21-16(22)9-25-17(23)10-24-15-4-2-1-3-11(15)8-20/h1-7H,9-10H2,(H,21,22). The van der Waals surface area contributed by atoms with Crippen molar-refractivity contribution in [3.63, 3.8) is 0 Å². The van der Waals surface area contributed by atoms with Crippen molar-refractivity contribution in [2.75, 3.05) is 18.5 Å². The fraction of sp³-hybridized carbons (Fsp3) is 0.118. The third-order valence-corrected chi connectivity index (χ3v) is 3.21. The molecule has 0 aliphatic carbocycles. The maximum atomic E-state index is 13.0. The monoisotopic (exact) mass is 362 g/mol. The summed E-state index contributed by atoms with van der Waals surface area (Å²) < 4.78 is 23.0. The minimum Gasteiger partial charge on any atom is -0.481 e. The zero-order valence-electron chi connectivity index (χ0n) is 12.8. The number of nitriles is 1. The number of benzene rings is 2. The number of nitrogens with zero attached hydrogens (tertiary/aromatic N) is 1. The minimum absolute atomic E-state index is 0.139. The van der Waals surface area contributed by atoms with Gasteiger partial charge in [0.25, 0.3) is 5.91 Å². The Morgan fingerprint density at radius 3 is 2.68 bits per heavy atom. The van der Waals surface area contributed by atoms with Crippen molar-refractivity contribution in [1.82, 2.24) is 0 Å². The Morgan fingerprint density at radius 2 is 1.96 bits per heavy atom. The zero-order valence-corrected chi connectivity index (χ0v) is 13.5. The number of carbonyl (C=O) groups excluding carboxylic acids is 2. The van der Waals surface area contributed by atoms with Crippen LogP contribution in [0.3, 0.4) is 0 Å². The molecule has 2 aromatic rings. The number of esters is 1. The average molecular weight is 363 g/mol. The van der Waals surface area contributed by atoms with E-state index in [9.17, 15) is 14.0 Å². The molecule has 0 aliphatic heterocycles. The molecule has 0 fully saturated rings. The summed E-state index contributed by atoms with van der Waals surface area (Å²) in [6, 6.07) is 12.0. The fourth-order valence-corrected chi connectivity index (χ4v) is 1.96. The lowest BCUT2D eigenvalue weighted by atomic mass is 10.2. The molecule has 0 radical (unpaired) electrons. The number of hydrogen-bond donors (Lipinski definition) is 1. The Labute approximate surface area is 147 Å². The van der Waals surface area contributed by atoms with Crippen LogP contribution in [0, 0.1) is 17.1 Å². The lowest BCUT2D eigenvalue weighted by Gasteiger charge is -2.09. The molecule has 128 valence electrons. The molecular weight excluding hydrogens is 351 g/mol. The van der Waals surface area contributed by atoms with Crippen LogP contribution in [0.25, 0.3) is 0 Å². The first-order valence-electron chi connectivity index (χ1n) is 7.02. The summed E-state index contributed by atoms with van der Waals surface area (Å²) in [5, 5.41) is 11.2. The second-order valence-electron chi connectivity index (χ2n) is 4.73. The first kappa shape index (κ1) is 18.2. The Bertz CT molecular complexity index is 836. The topological polar surface area (TPSA) is 88.4 Å². The van der Waals surface area contributed by atoms with E-state index in [1.807, 2.05) is 6.07 Å². The van der Waals surface area contributed by atoms with Gasteiger partial charge in [-0.3, -0.25) is 4.79 Å². The quantitative estimate of drug-likeness (QED) is 0.798. The van der Waals surface area contributed by atoms with E-state index in [-0.39, 0.29) is 22.0 Å². The van der Waals surface area contributed by atoms with Crippen LogP contribution >= 0.6 is 11.6 Å². The number of amides is 1. The summed E-state index contributed by atoms with van der Waals surface area (Å²) in [6.45, 7) is -0.995. The molecule has 0 atom stereocenters. The van der Waals surface area contributed by atoms with Gasteiger partial charge >= 0.3 is 5.97 Å². The third-order valence-electron chi connectivity index (χ3n) is 2.92. The van der Waals surface area contributed by atoms with Crippen LogP contribution in [0.5, 0.6) is 5.75 Å². The van der Waals surface area contributed by atoms with Gasteiger partial charge in [0.05, 0.1) is 10.6 Å². The molecule has 2 rings (SSSR count). The molecule has 0 saturated carbocycles. The second-order valence-corrected chi connectivity index (χ2v) is 5.14. The Kier molecular flexibility index (Phi) is 6.32. The van der Waals surface area contributed by atoms with Gasteiger partial charge in [-0.25, -0.2) is 9.18 Å². The SMILES string of the molecule is N#Cc1ccccc1OCC(=O)OCC(=O)Nc1ccc(F)c(Cl)c1. The summed E-state index contributed by atoms with van der Waals surface area (Å²) in [5.41, 5.74) is 0.549. The van der Waals surface area contributed by atoms with E-state index in [2.05, 4.69) is 5.32 Å². The molecule has 1 amide bonds. The number of halogens is 2. The van der Waals surface area contributed by atoms with Gasteiger partial charge in [-0.15, -0.1) is 0 Å². The number of para-hydroxylation sites is 1. The van der Waals surface area contributed by atoms with Crippen molar-refractivity contribution in [3.8, 4) is 11.8 Å². The Balaban J connectivity index is 1.78. The molecule has 0 spiro atoms. The van der Waals surface area contributed by atoms with Crippen molar-refractivity contribution in [3.05, 3.63) is 58.9 Å². The minimum atomic E-state index is -0.778. The van der Waals surface area contributed by atoms with Crippen molar-refractivity contribution in [1.29, 1.82) is 5.26 Å². The number of carbonyl (C=O) groups is 2. The predicted octanol–water partition coefficient (Wildman–Crippen LogP) is 2.91. The van der Waals surface area contributed by atoms with Crippen molar-refractivity contribution in [2.24, 2.45) is 0 Å². The lowest BCUT2D eigenvalue weighted by Crippen LogP contribution is -2.23. The average Bonchev–Trinajstić information content (AvgIpc) is 2.61. The molecule has 0 bridgehead atoms. The van der Waals surface area contributed by atoms with Gasteiger partial charge in [0.2, 0.25) is 0 Å². The maximum absolute atomic E-state index is 13.0. The molecule has 0 aromatic heterocycles. The molecule has 0 unspecified atom stereocenters. The van der Waals surface area contributed by atoms with Gasteiger partial charge in [-0.2, -0.15) is 5.26 Å². The highest BCUT2D eigenvalue weighted by Crippen LogP contribution is 2.19. The molecule has 2 aromatic carbocycles. The Hall–Kier alpha value is -3.11. The maximum Gasteiger partial charge on any atom is 0.344 e. The molecule has 0 aliphatic rings. The van der Waals surface area contributed by atoms with Crippen LogP contribution in [0.15, 0.2) is 42.5 Å². The van der Waals surface area contributed by atoms with E-state index in [0.717, 1.165) is 6.07 Å². The summed E-state index contributed by atoms with van der Waals surface area (Å²) in [7, 11) is 0. The van der Waals surface area contributed by atoms with Crippen LogP contribution < -0.4 is 10.1 Å². The fourth-order valence-electron chi connectivity index (χ4n) is 1.78. The number of hydrogen-bond acceptors (Lipinski definition) is 5. The highest BCUT2D eigenvalue weighted by atomic mass is 35.5. The summed E-state index contributed by atoms with van der Waals surface area (Å²) in [6.07, 6.45) is 0. The molecule has 6 nitrogen and oxygen atoms in total. The smallest absolute Gasteiger partial charge is 0.344 e. The van der Waals surface area contributed by atoms with Gasteiger partial charge in [0.15, 0.2) is 13.2 Å². The van der Waals surface area contributed by atoms with E-state index < -0.39 is 30.9 Å². The first-order chi connectivity index (χ1) is 12.0. The molecule has 0 heterocycles. The van der Waals surface area contributed by atoms with Crippen LogP contribution in [-0.4, -0.2) is 25.1 Å². The van der Waals surface area contributed by atoms with E-state index in [4.69, 9.17) is 26.3 Å². The first-order valence-corrected chi connectivity index (χ1v) is 7.40. The molecule has 8 heteroatoms. The summed E-state index contributed by atoms with van der Waals surface area (Å²) >= 11 is 5.60. The molecule has 1 N–H and O–H groups in total. The third kappa shape index (κ3) is 5.48. The number of nitrogens with one attached hydrogen (secondary N) is 1. The highest BCUT2D eigenvalue weighted by molar-refractivity contribution is 6.31. The normalized spacial score (nSPS) is 9.80. The number of ether oxygens (including phenoxy) is 2.